The zero-order valence-corrected chi connectivity index (χ0v) is 9.68. The van der Waals surface area contributed by atoms with Crippen molar-refractivity contribution in [3.8, 4) is 0 Å². The smallest absolute Gasteiger partial charge is 0.155 e. The Morgan fingerprint density at radius 3 is 2.81 bits per heavy atom. The number of carbonyl (C=O) groups is 1. The fraction of sp³-hybridized carbons (Fsp3) is 0.636. The fourth-order valence-corrected chi connectivity index (χ4v) is 2.10. The number of aliphatic hydroxyl groups is 1. The maximum Gasteiger partial charge on any atom is 0.155 e. The zero-order chi connectivity index (χ0) is 11.7. The third kappa shape index (κ3) is 1.82. The Labute approximate surface area is 94.7 Å². The third-order valence-corrected chi connectivity index (χ3v) is 2.96. The number of nitrogens with zero attached hydrogens (tertiary/aromatic N) is 3. The molecule has 16 heavy (non-hydrogen) atoms. The molecule has 1 aromatic heterocycles. The van der Waals surface area contributed by atoms with Crippen LogP contribution in [0.3, 0.4) is 0 Å². The van der Waals surface area contributed by atoms with E-state index in [4.69, 9.17) is 5.11 Å². The van der Waals surface area contributed by atoms with Crippen LogP contribution in [0.1, 0.15) is 28.9 Å². The standard InChI is InChI=1S/C11H17N3O2/c1-8-10(7-16)11(13(2)12-8)14(5-6-15)9-3-4-9/h7,9,15H,3-6H2,1-2H3. The Morgan fingerprint density at radius 1 is 1.62 bits per heavy atom. The molecule has 1 heterocycles. The van der Waals surface area contributed by atoms with Gasteiger partial charge in [-0.15, -0.1) is 0 Å². The minimum Gasteiger partial charge on any atom is -0.395 e. The average molecular weight is 223 g/mol. The molecule has 1 aromatic rings. The van der Waals surface area contributed by atoms with Crippen molar-refractivity contribution in [1.82, 2.24) is 9.78 Å². The van der Waals surface area contributed by atoms with Crippen LogP contribution in [0.25, 0.3) is 0 Å². The molecule has 1 saturated carbocycles. The van der Waals surface area contributed by atoms with Gasteiger partial charge in [0, 0.05) is 19.6 Å². The van der Waals surface area contributed by atoms with E-state index in [0.29, 0.717) is 18.2 Å². The highest BCUT2D eigenvalue weighted by Gasteiger charge is 2.32. The highest BCUT2D eigenvalue weighted by Crippen LogP contribution is 2.33. The van der Waals surface area contributed by atoms with Crippen molar-refractivity contribution in [3.05, 3.63) is 11.3 Å². The number of carbonyl (C=O) groups excluding carboxylic acids is 1. The van der Waals surface area contributed by atoms with E-state index in [9.17, 15) is 4.79 Å². The topological polar surface area (TPSA) is 58.4 Å². The number of aliphatic hydroxyl groups excluding tert-OH is 1. The lowest BCUT2D eigenvalue weighted by Gasteiger charge is -2.23. The molecule has 2 rings (SSSR count). The van der Waals surface area contributed by atoms with Crippen molar-refractivity contribution in [2.75, 3.05) is 18.1 Å². The van der Waals surface area contributed by atoms with Crippen LogP contribution in [0.4, 0.5) is 5.82 Å². The lowest BCUT2D eigenvalue weighted by Crippen LogP contribution is -2.31. The molecule has 0 atom stereocenters. The third-order valence-electron chi connectivity index (χ3n) is 2.96. The van der Waals surface area contributed by atoms with Gasteiger partial charge in [-0.25, -0.2) is 0 Å². The Bertz CT molecular complexity index is 396. The number of aldehydes is 1. The lowest BCUT2D eigenvalue weighted by atomic mass is 10.2. The number of rotatable bonds is 5. The number of anilines is 1. The van der Waals surface area contributed by atoms with Crippen LogP contribution in [0, 0.1) is 6.92 Å². The first-order valence-corrected chi connectivity index (χ1v) is 5.55. The lowest BCUT2D eigenvalue weighted by molar-refractivity contribution is 0.112. The summed E-state index contributed by atoms with van der Waals surface area (Å²) in [5.74, 6) is 0.837. The quantitative estimate of drug-likeness (QED) is 0.739. The molecule has 5 nitrogen and oxygen atoms in total. The van der Waals surface area contributed by atoms with Gasteiger partial charge in [-0.05, 0) is 19.8 Å². The average Bonchev–Trinajstić information content (AvgIpc) is 3.02. The summed E-state index contributed by atoms with van der Waals surface area (Å²) in [6, 6.07) is 0.459. The highest BCUT2D eigenvalue weighted by atomic mass is 16.3. The van der Waals surface area contributed by atoms with E-state index in [0.717, 1.165) is 30.6 Å². The minimum absolute atomic E-state index is 0.0963. The van der Waals surface area contributed by atoms with E-state index in [2.05, 4.69) is 10.00 Å². The van der Waals surface area contributed by atoms with Gasteiger partial charge in [-0.2, -0.15) is 5.10 Å². The number of aryl methyl sites for hydroxylation is 2. The molecule has 1 aliphatic carbocycles. The summed E-state index contributed by atoms with van der Waals surface area (Å²) < 4.78 is 1.73. The Hall–Kier alpha value is -1.36. The van der Waals surface area contributed by atoms with Crippen molar-refractivity contribution in [3.63, 3.8) is 0 Å². The maximum absolute atomic E-state index is 11.1. The first-order valence-electron chi connectivity index (χ1n) is 5.55. The molecule has 0 bridgehead atoms. The summed E-state index contributed by atoms with van der Waals surface area (Å²) in [5, 5.41) is 13.3. The second-order valence-corrected chi connectivity index (χ2v) is 4.21. The van der Waals surface area contributed by atoms with Gasteiger partial charge in [0.2, 0.25) is 0 Å². The molecule has 1 aliphatic rings. The van der Waals surface area contributed by atoms with Crippen molar-refractivity contribution >= 4 is 12.1 Å². The van der Waals surface area contributed by atoms with E-state index in [1.807, 2.05) is 14.0 Å². The normalized spacial score (nSPS) is 15.2. The second kappa shape index (κ2) is 4.25. The van der Waals surface area contributed by atoms with Crippen LogP contribution in [-0.2, 0) is 7.05 Å². The van der Waals surface area contributed by atoms with Gasteiger partial charge in [-0.3, -0.25) is 9.48 Å². The SMILES string of the molecule is Cc1nn(C)c(N(CCO)C2CC2)c1C=O. The van der Waals surface area contributed by atoms with Gasteiger partial charge in [0.25, 0.3) is 0 Å². The molecule has 1 N–H and O–H groups in total. The first kappa shape index (κ1) is 11.1. The molecular formula is C11H17N3O2. The van der Waals surface area contributed by atoms with Crippen molar-refractivity contribution in [2.45, 2.75) is 25.8 Å². The summed E-state index contributed by atoms with van der Waals surface area (Å²) in [7, 11) is 1.84. The monoisotopic (exact) mass is 223 g/mol. The van der Waals surface area contributed by atoms with Crippen LogP contribution in [0.15, 0.2) is 0 Å². The molecule has 0 unspecified atom stereocenters. The summed E-state index contributed by atoms with van der Waals surface area (Å²) in [6.07, 6.45) is 3.11. The van der Waals surface area contributed by atoms with Crippen LogP contribution in [-0.4, -0.2) is 40.4 Å². The molecule has 1 fully saturated rings. The van der Waals surface area contributed by atoms with Crippen LogP contribution < -0.4 is 4.90 Å². The van der Waals surface area contributed by atoms with E-state index in [1.165, 1.54) is 0 Å². The molecule has 0 spiro atoms. The summed E-state index contributed by atoms with van der Waals surface area (Å²) in [4.78, 5) is 13.2. The van der Waals surface area contributed by atoms with Gasteiger partial charge >= 0.3 is 0 Å². The van der Waals surface area contributed by atoms with Crippen molar-refractivity contribution in [2.24, 2.45) is 7.05 Å². The van der Waals surface area contributed by atoms with Crippen LogP contribution in [0.2, 0.25) is 0 Å². The summed E-state index contributed by atoms with van der Waals surface area (Å²) >= 11 is 0. The molecule has 0 saturated heterocycles. The molecule has 0 aromatic carbocycles. The molecule has 5 heteroatoms. The zero-order valence-electron chi connectivity index (χ0n) is 9.68. The number of hydrogen-bond donors (Lipinski definition) is 1. The predicted molar refractivity (Wildman–Crippen MR) is 60.8 cm³/mol. The highest BCUT2D eigenvalue weighted by molar-refractivity contribution is 5.85. The summed E-state index contributed by atoms with van der Waals surface area (Å²) in [5.41, 5.74) is 1.39. The fourth-order valence-electron chi connectivity index (χ4n) is 2.10. The molecule has 0 amide bonds. The molecule has 88 valence electrons. The van der Waals surface area contributed by atoms with Gasteiger partial charge in [0.1, 0.15) is 5.82 Å². The molecule has 0 radical (unpaired) electrons. The predicted octanol–water partition coefficient (Wildman–Crippen LogP) is 0.502. The number of hydrogen-bond acceptors (Lipinski definition) is 4. The second-order valence-electron chi connectivity index (χ2n) is 4.21. The molecule has 0 aliphatic heterocycles. The Balaban J connectivity index is 2.38. The number of aromatic nitrogens is 2. The van der Waals surface area contributed by atoms with Gasteiger partial charge in [-0.1, -0.05) is 0 Å². The van der Waals surface area contributed by atoms with Gasteiger partial charge in [0.05, 0.1) is 17.9 Å². The van der Waals surface area contributed by atoms with Crippen LogP contribution >= 0.6 is 0 Å². The van der Waals surface area contributed by atoms with Crippen molar-refractivity contribution in [1.29, 1.82) is 0 Å². The minimum atomic E-state index is 0.0963. The van der Waals surface area contributed by atoms with E-state index in [1.54, 1.807) is 4.68 Å². The van der Waals surface area contributed by atoms with Gasteiger partial charge in [0.15, 0.2) is 6.29 Å². The van der Waals surface area contributed by atoms with Crippen molar-refractivity contribution < 1.29 is 9.90 Å². The summed E-state index contributed by atoms with van der Waals surface area (Å²) in [6.45, 7) is 2.49. The van der Waals surface area contributed by atoms with Crippen LogP contribution in [0.5, 0.6) is 0 Å². The Morgan fingerprint density at radius 2 is 2.31 bits per heavy atom. The Kier molecular flexibility index (Phi) is 2.96. The van der Waals surface area contributed by atoms with E-state index in [-0.39, 0.29) is 6.61 Å². The maximum atomic E-state index is 11.1. The van der Waals surface area contributed by atoms with E-state index < -0.39 is 0 Å². The first-order chi connectivity index (χ1) is 7.69. The molecular weight excluding hydrogens is 206 g/mol. The largest absolute Gasteiger partial charge is 0.395 e. The van der Waals surface area contributed by atoms with Gasteiger partial charge < -0.3 is 10.0 Å². The van der Waals surface area contributed by atoms with E-state index >= 15 is 0 Å².